The number of hydrogen-bond acceptors (Lipinski definition) is 3. The number of carbonyl (C=O) groups is 1. The molecule has 0 atom stereocenters. The number of anilines is 1. The summed E-state index contributed by atoms with van der Waals surface area (Å²) in [4.78, 5) is 13.8. The van der Waals surface area contributed by atoms with Gasteiger partial charge in [0.2, 0.25) is 0 Å². The summed E-state index contributed by atoms with van der Waals surface area (Å²) in [6.07, 6.45) is 1.18. The Labute approximate surface area is 114 Å². The average Bonchev–Trinajstić information content (AvgIpc) is 2.46. The standard InChI is InChI=1S/C15H21NO3/c1-2-16(13-6-4-3-5-7-13)12-15(14(17)18)8-10-19-11-9-15/h3-7H,2,8-12H2,1H3,(H,17,18). The van der Waals surface area contributed by atoms with Gasteiger partial charge in [-0.3, -0.25) is 4.79 Å². The number of ether oxygens (including phenoxy) is 1. The van der Waals surface area contributed by atoms with Crippen molar-refractivity contribution in [2.24, 2.45) is 5.41 Å². The summed E-state index contributed by atoms with van der Waals surface area (Å²) in [5, 5.41) is 9.60. The number of benzene rings is 1. The van der Waals surface area contributed by atoms with Crippen molar-refractivity contribution in [3.63, 3.8) is 0 Å². The monoisotopic (exact) mass is 263 g/mol. The van der Waals surface area contributed by atoms with Crippen molar-refractivity contribution >= 4 is 11.7 Å². The molecule has 1 aromatic carbocycles. The number of aliphatic carboxylic acids is 1. The molecule has 1 aliphatic heterocycles. The van der Waals surface area contributed by atoms with Gasteiger partial charge in [-0.1, -0.05) is 18.2 Å². The molecule has 19 heavy (non-hydrogen) atoms. The smallest absolute Gasteiger partial charge is 0.311 e. The van der Waals surface area contributed by atoms with Crippen LogP contribution in [0, 0.1) is 5.41 Å². The minimum atomic E-state index is -0.704. The highest BCUT2D eigenvalue weighted by atomic mass is 16.5. The lowest BCUT2D eigenvalue weighted by molar-refractivity contribution is -0.154. The molecule has 0 spiro atoms. The fourth-order valence-corrected chi connectivity index (χ4v) is 2.59. The van der Waals surface area contributed by atoms with Crippen molar-refractivity contribution < 1.29 is 14.6 Å². The van der Waals surface area contributed by atoms with Gasteiger partial charge in [0.05, 0.1) is 5.41 Å². The Morgan fingerprint density at radius 1 is 1.32 bits per heavy atom. The van der Waals surface area contributed by atoms with Gasteiger partial charge in [0.1, 0.15) is 0 Å². The molecule has 4 heteroatoms. The third-order valence-corrected chi connectivity index (χ3v) is 3.90. The molecule has 1 heterocycles. The second-order valence-corrected chi connectivity index (χ2v) is 5.05. The molecule has 0 bridgehead atoms. The van der Waals surface area contributed by atoms with Crippen molar-refractivity contribution in [3.05, 3.63) is 30.3 Å². The molecule has 104 valence electrons. The third-order valence-electron chi connectivity index (χ3n) is 3.90. The largest absolute Gasteiger partial charge is 0.481 e. The second kappa shape index (κ2) is 6.06. The molecule has 0 radical (unpaired) electrons. The fourth-order valence-electron chi connectivity index (χ4n) is 2.59. The van der Waals surface area contributed by atoms with Crippen molar-refractivity contribution in [1.82, 2.24) is 0 Å². The van der Waals surface area contributed by atoms with Crippen LogP contribution >= 0.6 is 0 Å². The van der Waals surface area contributed by atoms with E-state index in [1.165, 1.54) is 0 Å². The van der Waals surface area contributed by atoms with Gasteiger partial charge in [-0.25, -0.2) is 0 Å². The van der Waals surface area contributed by atoms with Gasteiger partial charge in [0.15, 0.2) is 0 Å². The van der Waals surface area contributed by atoms with Gasteiger partial charge in [0.25, 0.3) is 0 Å². The van der Waals surface area contributed by atoms with Crippen LogP contribution in [0.25, 0.3) is 0 Å². The molecule has 0 unspecified atom stereocenters. The van der Waals surface area contributed by atoms with Crippen molar-refractivity contribution in [1.29, 1.82) is 0 Å². The maximum atomic E-state index is 11.7. The predicted octanol–water partition coefficient (Wildman–Crippen LogP) is 2.39. The molecule has 1 aromatic rings. The Kier molecular flexibility index (Phi) is 4.43. The highest BCUT2D eigenvalue weighted by Crippen LogP contribution is 2.33. The van der Waals surface area contributed by atoms with Crippen LogP contribution in [0.1, 0.15) is 19.8 Å². The molecule has 1 saturated heterocycles. The van der Waals surface area contributed by atoms with Crippen LogP contribution in [-0.2, 0) is 9.53 Å². The molecule has 0 saturated carbocycles. The van der Waals surface area contributed by atoms with Crippen LogP contribution in [0.3, 0.4) is 0 Å². The molecule has 4 nitrogen and oxygen atoms in total. The maximum absolute atomic E-state index is 11.7. The Morgan fingerprint density at radius 2 is 1.95 bits per heavy atom. The Bertz CT molecular complexity index is 413. The van der Waals surface area contributed by atoms with Gasteiger partial charge in [0, 0.05) is 32.0 Å². The summed E-state index contributed by atoms with van der Waals surface area (Å²) in [7, 11) is 0. The molecule has 0 amide bonds. The van der Waals surface area contributed by atoms with E-state index in [1.807, 2.05) is 30.3 Å². The Balaban J connectivity index is 2.17. The minimum absolute atomic E-state index is 0.540. The average molecular weight is 263 g/mol. The quantitative estimate of drug-likeness (QED) is 0.886. The van der Waals surface area contributed by atoms with Gasteiger partial charge in [-0.15, -0.1) is 0 Å². The van der Waals surface area contributed by atoms with Crippen molar-refractivity contribution in [3.8, 4) is 0 Å². The molecule has 1 aliphatic rings. The zero-order chi connectivity index (χ0) is 13.7. The molecular formula is C15H21NO3. The summed E-state index contributed by atoms with van der Waals surface area (Å²) in [5.74, 6) is -0.704. The lowest BCUT2D eigenvalue weighted by atomic mass is 9.79. The minimum Gasteiger partial charge on any atom is -0.481 e. The van der Waals surface area contributed by atoms with Crippen LogP contribution in [0.15, 0.2) is 30.3 Å². The number of carboxylic acid groups (broad SMARTS) is 1. The highest BCUT2D eigenvalue weighted by Gasteiger charge is 2.41. The SMILES string of the molecule is CCN(CC1(C(=O)O)CCOCC1)c1ccccc1. The first kappa shape index (κ1) is 13.9. The van der Waals surface area contributed by atoms with E-state index in [1.54, 1.807) is 0 Å². The third kappa shape index (κ3) is 3.07. The zero-order valence-electron chi connectivity index (χ0n) is 11.3. The predicted molar refractivity (Wildman–Crippen MR) is 74.5 cm³/mol. The van der Waals surface area contributed by atoms with E-state index >= 15 is 0 Å². The lowest BCUT2D eigenvalue weighted by Gasteiger charge is -2.38. The van der Waals surface area contributed by atoms with Crippen molar-refractivity contribution in [2.45, 2.75) is 19.8 Å². The Hall–Kier alpha value is -1.55. The summed E-state index contributed by atoms with van der Waals surface area (Å²) in [5.41, 5.74) is 0.404. The summed E-state index contributed by atoms with van der Waals surface area (Å²) in [6.45, 7) is 4.49. The van der Waals surface area contributed by atoms with E-state index in [4.69, 9.17) is 4.74 Å². The van der Waals surface area contributed by atoms with E-state index in [0.29, 0.717) is 32.6 Å². The van der Waals surface area contributed by atoms with E-state index < -0.39 is 11.4 Å². The summed E-state index contributed by atoms with van der Waals surface area (Å²) >= 11 is 0. The van der Waals surface area contributed by atoms with Crippen LogP contribution in [-0.4, -0.2) is 37.4 Å². The summed E-state index contributed by atoms with van der Waals surface area (Å²) in [6, 6.07) is 9.99. The van der Waals surface area contributed by atoms with Gasteiger partial charge in [-0.05, 0) is 31.9 Å². The van der Waals surface area contributed by atoms with E-state index in [2.05, 4.69) is 11.8 Å². The fraction of sp³-hybridized carbons (Fsp3) is 0.533. The molecule has 0 aromatic heterocycles. The number of nitrogens with zero attached hydrogens (tertiary/aromatic N) is 1. The maximum Gasteiger partial charge on any atom is 0.311 e. The topological polar surface area (TPSA) is 49.8 Å². The number of para-hydroxylation sites is 1. The van der Waals surface area contributed by atoms with Gasteiger partial charge >= 0.3 is 5.97 Å². The molecule has 2 rings (SSSR count). The molecule has 1 fully saturated rings. The van der Waals surface area contributed by atoms with Crippen LogP contribution in [0.4, 0.5) is 5.69 Å². The van der Waals surface area contributed by atoms with Crippen LogP contribution in [0.5, 0.6) is 0 Å². The number of hydrogen-bond donors (Lipinski definition) is 1. The molecule has 1 N–H and O–H groups in total. The van der Waals surface area contributed by atoms with Crippen LogP contribution < -0.4 is 4.90 Å². The molecular weight excluding hydrogens is 242 g/mol. The zero-order valence-corrected chi connectivity index (χ0v) is 11.3. The first-order valence-electron chi connectivity index (χ1n) is 6.79. The van der Waals surface area contributed by atoms with E-state index in [9.17, 15) is 9.90 Å². The number of carboxylic acids is 1. The van der Waals surface area contributed by atoms with Crippen molar-refractivity contribution in [2.75, 3.05) is 31.2 Å². The Morgan fingerprint density at radius 3 is 2.47 bits per heavy atom. The van der Waals surface area contributed by atoms with E-state index in [-0.39, 0.29) is 0 Å². The summed E-state index contributed by atoms with van der Waals surface area (Å²) < 4.78 is 5.31. The van der Waals surface area contributed by atoms with E-state index in [0.717, 1.165) is 12.2 Å². The highest BCUT2D eigenvalue weighted by molar-refractivity contribution is 5.76. The molecule has 0 aliphatic carbocycles. The first-order valence-corrected chi connectivity index (χ1v) is 6.79. The van der Waals surface area contributed by atoms with Crippen LogP contribution in [0.2, 0.25) is 0 Å². The second-order valence-electron chi connectivity index (χ2n) is 5.05. The van der Waals surface area contributed by atoms with Gasteiger partial charge in [-0.2, -0.15) is 0 Å². The van der Waals surface area contributed by atoms with Gasteiger partial charge < -0.3 is 14.7 Å². The first-order chi connectivity index (χ1) is 9.18. The lowest BCUT2D eigenvalue weighted by Crippen LogP contribution is -2.46. The number of rotatable bonds is 5. The normalized spacial score (nSPS) is 17.9.